The van der Waals surface area contributed by atoms with Crippen molar-refractivity contribution < 1.29 is 13.2 Å². The summed E-state index contributed by atoms with van der Waals surface area (Å²) in [6.45, 7) is 4.29. The summed E-state index contributed by atoms with van der Waals surface area (Å²) in [4.78, 5) is 0. The molecule has 0 N–H and O–H groups in total. The Balaban J connectivity index is 2.86. The van der Waals surface area contributed by atoms with Gasteiger partial charge in [0, 0.05) is 6.20 Å². The van der Waals surface area contributed by atoms with Crippen LogP contribution in [0.5, 0.6) is 0 Å². The van der Waals surface area contributed by atoms with Crippen LogP contribution in [-0.2, 0) is 6.54 Å². The Hall–Kier alpha value is -1.00. The first-order valence-corrected chi connectivity index (χ1v) is 4.30. The molecule has 0 unspecified atom stereocenters. The number of hydrogen-bond acceptors (Lipinski definition) is 1. The first-order valence-electron chi connectivity index (χ1n) is 4.30. The number of aryl methyl sites for hydroxylation is 1. The number of halogens is 3. The van der Waals surface area contributed by atoms with E-state index in [1.807, 2.05) is 0 Å². The number of alkyl halides is 3. The molecule has 5 heteroatoms. The lowest BCUT2D eigenvalue weighted by atomic mass is 10.2. The van der Waals surface area contributed by atoms with Crippen LogP contribution in [0.4, 0.5) is 13.2 Å². The van der Waals surface area contributed by atoms with Crippen molar-refractivity contribution in [2.75, 3.05) is 0 Å². The van der Waals surface area contributed by atoms with Crippen molar-refractivity contribution in [3.05, 3.63) is 17.5 Å². The van der Waals surface area contributed by atoms with Crippen LogP contribution in [0.3, 0.4) is 0 Å². The Bertz CT molecular complexity index is 312. The molecule has 14 heavy (non-hydrogen) atoms. The molecular weight excluding hydrogens is 193 g/mol. The van der Waals surface area contributed by atoms with Crippen molar-refractivity contribution in [3.63, 3.8) is 0 Å². The van der Waals surface area contributed by atoms with Crippen molar-refractivity contribution in [1.29, 1.82) is 0 Å². The molecule has 1 rings (SSSR count). The Labute approximate surface area is 80.7 Å². The van der Waals surface area contributed by atoms with Gasteiger partial charge in [-0.1, -0.05) is 0 Å². The Morgan fingerprint density at radius 3 is 2.43 bits per heavy atom. The number of aromatic nitrogens is 2. The zero-order valence-corrected chi connectivity index (χ0v) is 8.39. The molecule has 0 aliphatic heterocycles. The topological polar surface area (TPSA) is 17.8 Å². The maximum absolute atomic E-state index is 13.2. The second kappa shape index (κ2) is 3.63. The molecule has 1 aromatic heterocycles. The van der Waals surface area contributed by atoms with Crippen molar-refractivity contribution in [3.8, 4) is 0 Å². The van der Waals surface area contributed by atoms with Crippen LogP contribution in [-0.4, -0.2) is 15.4 Å². The fourth-order valence-electron chi connectivity index (χ4n) is 1.22. The predicted molar refractivity (Wildman–Crippen MR) is 47.1 cm³/mol. The maximum atomic E-state index is 13.2. The van der Waals surface area contributed by atoms with E-state index in [1.54, 1.807) is 0 Å². The highest BCUT2D eigenvalue weighted by Gasteiger charge is 2.20. The monoisotopic (exact) mass is 206 g/mol. The van der Waals surface area contributed by atoms with Gasteiger partial charge >= 0.3 is 0 Å². The molecule has 0 fully saturated rings. The van der Waals surface area contributed by atoms with Gasteiger partial charge < -0.3 is 0 Å². The SMILES string of the molecule is Cc1cn(CC(C)(C)F)nc1C(F)F. The maximum Gasteiger partial charge on any atom is 0.282 e. The van der Waals surface area contributed by atoms with Crippen molar-refractivity contribution in [2.24, 2.45) is 0 Å². The summed E-state index contributed by atoms with van der Waals surface area (Å²) in [5, 5.41) is 3.62. The van der Waals surface area contributed by atoms with E-state index in [2.05, 4.69) is 5.10 Å². The zero-order chi connectivity index (χ0) is 10.9. The molecule has 0 bridgehead atoms. The molecule has 0 aromatic carbocycles. The summed E-state index contributed by atoms with van der Waals surface area (Å²) in [6, 6.07) is 0. The van der Waals surface area contributed by atoms with E-state index in [9.17, 15) is 13.2 Å². The highest BCUT2D eigenvalue weighted by atomic mass is 19.3. The summed E-state index contributed by atoms with van der Waals surface area (Å²) < 4.78 is 39.0. The lowest BCUT2D eigenvalue weighted by molar-refractivity contribution is 0.140. The Kier molecular flexibility index (Phi) is 2.87. The van der Waals surface area contributed by atoms with E-state index in [4.69, 9.17) is 0 Å². The average Bonchev–Trinajstić information content (AvgIpc) is 2.26. The van der Waals surface area contributed by atoms with Gasteiger partial charge in [-0.25, -0.2) is 13.2 Å². The van der Waals surface area contributed by atoms with E-state index >= 15 is 0 Å². The first-order chi connectivity index (χ1) is 6.29. The third-order valence-corrected chi connectivity index (χ3v) is 1.73. The van der Waals surface area contributed by atoms with Crippen molar-refractivity contribution in [2.45, 2.75) is 39.4 Å². The molecule has 0 amide bonds. The molecule has 0 aliphatic carbocycles. The van der Waals surface area contributed by atoms with Crippen LogP contribution in [0.15, 0.2) is 6.20 Å². The molecule has 1 heterocycles. The fourth-order valence-corrected chi connectivity index (χ4v) is 1.22. The minimum Gasteiger partial charge on any atom is -0.269 e. The molecule has 0 radical (unpaired) electrons. The van der Waals surface area contributed by atoms with Gasteiger partial charge in [-0.05, 0) is 26.3 Å². The van der Waals surface area contributed by atoms with E-state index in [-0.39, 0.29) is 12.2 Å². The van der Waals surface area contributed by atoms with Crippen molar-refractivity contribution >= 4 is 0 Å². The van der Waals surface area contributed by atoms with Crippen LogP contribution in [0.2, 0.25) is 0 Å². The summed E-state index contributed by atoms with van der Waals surface area (Å²) in [5.41, 5.74) is -1.32. The summed E-state index contributed by atoms with van der Waals surface area (Å²) in [6.07, 6.45) is -1.16. The molecular formula is C9H13F3N2. The lowest BCUT2D eigenvalue weighted by Crippen LogP contribution is -2.21. The molecule has 0 saturated heterocycles. The molecule has 1 aromatic rings. The largest absolute Gasteiger partial charge is 0.282 e. The highest BCUT2D eigenvalue weighted by Crippen LogP contribution is 2.21. The zero-order valence-electron chi connectivity index (χ0n) is 8.39. The van der Waals surface area contributed by atoms with Crippen molar-refractivity contribution in [1.82, 2.24) is 9.78 Å². The molecule has 0 atom stereocenters. The first kappa shape index (κ1) is 11.1. The third-order valence-electron chi connectivity index (χ3n) is 1.73. The molecule has 80 valence electrons. The average molecular weight is 206 g/mol. The summed E-state index contributed by atoms with van der Waals surface area (Å²) in [5.74, 6) is 0. The molecule has 0 spiro atoms. The van der Waals surface area contributed by atoms with Gasteiger partial charge in [-0.15, -0.1) is 0 Å². The van der Waals surface area contributed by atoms with Gasteiger partial charge in [0.2, 0.25) is 0 Å². The van der Waals surface area contributed by atoms with Gasteiger partial charge in [0.05, 0.1) is 6.54 Å². The van der Waals surface area contributed by atoms with Crippen LogP contribution in [0.25, 0.3) is 0 Å². The summed E-state index contributed by atoms with van der Waals surface area (Å²) >= 11 is 0. The van der Waals surface area contributed by atoms with Crippen LogP contribution in [0.1, 0.15) is 31.5 Å². The van der Waals surface area contributed by atoms with Crippen LogP contribution in [0, 0.1) is 6.92 Å². The lowest BCUT2D eigenvalue weighted by Gasteiger charge is -2.13. The number of rotatable bonds is 3. The van der Waals surface area contributed by atoms with Gasteiger partial charge in [0.1, 0.15) is 11.4 Å². The molecule has 0 aliphatic rings. The third kappa shape index (κ3) is 2.75. The van der Waals surface area contributed by atoms with E-state index in [0.29, 0.717) is 5.56 Å². The normalized spacial score (nSPS) is 12.5. The van der Waals surface area contributed by atoms with E-state index in [1.165, 1.54) is 31.6 Å². The van der Waals surface area contributed by atoms with E-state index < -0.39 is 12.1 Å². The highest BCUT2D eigenvalue weighted by molar-refractivity contribution is 5.15. The fraction of sp³-hybridized carbons (Fsp3) is 0.667. The molecule has 2 nitrogen and oxygen atoms in total. The molecule has 0 saturated carbocycles. The summed E-state index contributed by atoms with van der Waals surface area (Å²) in [7, 11) is 0. The van der Waals surface area contributed by atoms with Gasteiger partial charge in [-0.2, -0.15) is 5.10 Å². The minimum absolute atomic E-state index is 0.0133. The predicted octanol–water partition coefficient (Wildman–Crippen LogP) is 2.88. The second-order valence-electron chi connectivity index (χ2n) is 3.91. The standard InChI is InChI=1S/C9H13F3N2/c1-6-4-14(5-9(2,3)12)13-7(6)8(10)11/h4,8H,5H2,1-3H3. The quantitative estimate of drug-likeness (QED) is 0.743. The van der Waals surface area contributed by atoms with Gasteiger partial charge in [0.15, 0.2) is 0 Å². The van der Waals surface area contributed by atoms with Gasteiger partial charge in [-0.3, -0.25) is 4.68 Å². The second-order valence-corrected chi connectivity index (χ2v) is 3.91. The number of nitrogens with zero attached hydrogens (tertiary/aromatic N) is 2. The minimum atomic E-state index is -2.60. The number of hydrogen-bond donors (Lipinski definition) is 0. The Morgan fingerprint density at radius 2 is 2.07 bits per heavy atom. The van der Waals surface area contributed by atoms with Crippen LogP contribution >= 0.6 is 0 Å². The van der Waals surface area contributed by atoms with Gasteiger partial charge in [0.25, 0.3) is 6.43 Å². The van der Waals surface area contributed by atoms with E-state index in [0.717, 1.165) is 0 Å². The van der Waals surface area contributed by atoms with Crippen LogP contribution < -0.4 is 0 Å². The smallest absolute Gasteiger partial charge is 0.269 e. The Morgan fingerprint density at radius 1 is 1.50 bits per heavy atom.